The first-order chi connectivity index (χ1) is 13.7. The van der Waals surface area contributed by atoms with Crippen LogP contribution in [0.5, 0.6) is 0 Å². The summed E-state index contributed by atoms with van der Waals surface area (Å²) in [4.78, 5) is 13.9. The number of sulfonamides is 1. The molecule has 1 fully saturated rings. The molecule has 1 saturated heterocycles. The number of nitrogens with zero attached hydrogens (tertiary/aromatic N) is 3. The van der Waals surface area contributed by atoms with Crippen molar-refractivity contribution in [1.29, 1.82) is 0 Å². The standard InChI is InChI=1S/C19H23FN4O4S/c1-21-9-11-23(12-10-21)29(27,28)17-7-8-18(19(13-17)24(25)26)22(2)14-15-3-5-16(20)6-4-15/h3-8,13H,9-12,14H2,1-2H3/p+1. The van der Waals surface area contributed by atoms with Gasteiger partial charge in [-0.25, -0.2) is 12.8 Å². The maximum Gasteiger partial charge on any atom is 0.293 e. The van der Waals surface area contributed by atoms with Crippen LogP contribution in [0.15, 0.2) is 47.4 Å². The predicted molar refractivity (Wildman–Crippen MR) is 107 cm³/mol. The SMILES string of the molecule is CN(Cc1ccc(F)cc1)c1ccc(S(=O)(=O)N2CC[NH+](C)CC2)cc1[N+](=O)[O-]. The lowest BCUT2D eigenvalue weighted by Crippen LogP contribution is -3.12. The number of hydrogen-bond acceptors (Lipinski definition) is 5. The van der Waals surface area contributed by atoms with Crippen LogP contribution < -0.4 is 9.80 Å². The molecule has 29 heavy (non-hydrogen) atoms. The summed E-state index contributed by atoms with van der Waals surface area (Å²) >= 11 is 0. The van der Waals surface area contributed by atoms with E-state index in [0.717, 1.165) is 11.6 Å². The van der Waals surface area contributed by atoms with Crippen LogP contribution in [0.4, 0.5) is 15.8 Å². The Morgan fingerprint density at radius 3 is 2.38 bits per heavy atom. The van der Waals surface area contributed by atoms with E-state index in [0.29, 0.717) is 38.4 Å². The second-order valence-electron chi connectivity index (χ2n) is 7.25. The molecule has 8 nitrogen and oxygen atoms in total. The third kappa shape index (κ3) is 4.72. The Kier molecular flexibility index (Phi) is 6.15. The van der Waals surface area contributed by atoms with Crippen molar-refractivity contribution in [1.82, 2.24) is 4.31 Å². The second kappa shape index (κ2) is 8.44. The van der Waals surface area contributed by atoms with Gasteiger partial charge in [-0.3, -0.25) is 10.1 Å². The summed E-state index contributed by atoms with van der Waals surface area (Å²) in [5, 5.41) is 11.6. The van der Waals surface area contributed by atoms with E-state index in [4.69, 9.17) is 0 Å². The lowest BCUT2D eigenvalue weighted by molar-refractivity contribution is -0.883. The van der Waals surface area contributed by atoms with Crippen molar-refractivity contribution in [3.05, 3.63) is 64.0 Å². The molecule has 156 valence electrons. The maximum absolute atomic E-state index is 13.1. The molecule has 0 unspecified atom stereocenters. The van der Waals surface area contributed by atoms with Crippen molar-refractivity contribution < 1.29 is 22.6 Å². The number of likely N-dealkylation sites (N-methyl/N-ethyl adjacent to an activating group) is 1. The molecule has 3 rings (SSSR count). The van der Waals surface area contributed by atoms with Crippen molar-refractivity contribution in [3.63, 3.8) is 0 Å². The average molecular weight is 423 g/mol. The van der Waals surface area contributed by atoms with Gasteiger partial charge in [-0.15, -0.1) is 0 Å². The second-order valence-corrected chi connectivity index (χ2v) is 9.19. The normalized spacial score (nSPS) is 16.0. The van der Waals surface area contributed by atoms with Gasteiger partial charge in [0.15, 0.2) is 0 Å². The van der Waals surface area contributed by atoms with E-state index in [-0.39, 0.29) is 16.4 Å². The molecule has 0 aromatic heterocycles. The number of nitro groups is 1. The summed E-state index contributed by atoms with van der Waals surface area (Å²) in [6.45, 7) is 2.47. The molecule has 0 aliphatic carbocycles. The molecule has 1 aliphatic heterocycles. The van der Waals surface area contributed by atoms with Crippen LogP contribution in [-0.2, 0) is 16.6 Å². The van der Waals surface area contributed by atoms with E-state index in [1.165, 1.54) is 33.5 Å². The van der Waals surface area contributed by atoms with E-state index in [9.17, 15) is 22.9 Å². The van der Waals surface area contributed by atoms with Gasteiger partial charge in [0.2, 0.25) is 10.0 Å². The molecule has 10 heteroatoms. The van der Waals surface area contributed by atoms with Crippen molar-refractivity contribution in [2.75, 3.05) is 45.2 Å². The zero-order valence-corrected chi connectivity index (χ0v) is 17.2. The molecule has 1 heterocycles. The van der Waals surface area contributed by atoms with E-state index in [1.54, 1.807) is 24.1 Å². The fourth-order valence-electron chi connectivity index (χ4n) is 3.34. The molecule has 2 aromatic carbocycles. The van der Waals surface area contributed by atoms with Crippen LogP contribution in [0.3, 0.4) is 0 Å². The maximum atomic E-state index is 13.1. The highest BCUT2D eigenvalue weighted by Gasteiger charge is 2.31. The molecular weight excluding hydrogens is 399 g/mol. The molecule has 0 atom stereocenters. The summed E-state index contributed by atoms with van der Waals surface area (Å²) in [6.07, 6.45) is 0. The molecule has 0 amide bonds. The smallest absolute Gasteiger partial charge is 0.293 e. The van der Waals surface area contributed by atoms with Crippen LogP contribution in [0.25, 0.3) is 0 Å². The number of nitro benzene ring substituents is 1. The van der Waals surface area contributed by atoms with Gasteiger partial charge >= 0.3 is 0 Å². The highest BCUT2D eigenvalue weighted by Crippen LogP contribution is 2.32. The van der Waals surface area contributed by atoms with Gasteiger partial charge in [0, 0.05) is 19.7 Å². The molecule has 0 bridgehead atoms. The fourth-order valence-corrected chi connectivity index (χ4v) is 4.80. The summed E-state index contributed by atoms with van der Waals surface area (Å²) in [5.41, 5.74) is 0.788. The number of piperazine rings is 1. The molecule has 0 radical (unpaired) electrons. The number of benzene rings is 2. The Balaban J connectivity index is 1.88. The molecule has 0 spiro atoms. The van der Waals surface area contributed by atoms with Gasteiger partial charge in [-0.1, -0.05) is 12.1 Å². The average Bonchev–Trinajstić information content (AvgIpc) is 2.69. The highest BCUT2D eigenvalue weighted by atomic mass is 32.2. The minimum atomic E-state index is -3.79. The van der Waals surface area contributed by atoms with E-state index >= 15 is 0 Å². The monoisotopic (exact) mass is 423 g/mol. The van der Waals surface area contributed by atoms with Crippen molar-refractivity contribution in [2.45, 2.75) is 11.4 Å². The van der Waals surface area contributed by atoms with E-state index in [2.05, 4.69) is 0 Å². The first kappa shape index (κ1) is 21.2. The van der Waals surface area contributed by atoms with Crippen molar-refractivity contribution in [2.24, 2.45) is 0 Å². The Morgan fingerprint density at radius 1 is 1.17 bits per heavy atom. The number of nitrogens with one attached hydrogen (secondary N) is 1. The van der Waals surface area contributed by atoms with Crippen LogP contribution in [-0.4, -0.2) is 57.9 Å². The minimum Gasteiger partial charge on any atom is -0.365 e. The quantitative estimate of drug-likeness (QED) is 0.551. The zero-order chi connectivity index (χ0) is 21.2. The number of anilines is 1. The van der Waals surface area contributed by atoms with Gasteiger partial charge in [0.1, 0.15) is 11.5 Å². The van der Waals surface area contributed by atoms with Crippen LogP contribution in [0, 0.1) is 15.9 Å². The highest BCUT2D eigenvalue weighted by molar-refractivity contribution is 7.89. The summed E-state index contributed by atoms with van der Waals surface area (Å²) < 4.78 is 40.3. The van der Waals surface area contributed by atoms with Gasteiger partial charge < -0.3 is 9.80 Å². The molecule has 1 aliphatic rings. The molecule has 0 saturated carbocycles. The van der Waals surface area contributed by atoms with Gasteiger partial charge in [0.25, 0.3) is 5.69 Å². The largest absolute Gasteiger partial charge is 0.365 e. The summed E-state index contributed by atoms with van der Waals surface area (Å²) in [6, 6.07) is 9.84. The van der Waals surface area contributed by atoms with Crippen molar-refractivity contribution >= 4 is 21.4 Å². The Bertz CT molecular complexity index is 990. The summed E-state index contributed by atoms with van der Waals surface area (Å²) in [5.74, 6) is -0.359. The van der Waals surface area contributed by atoms with E-state index in [1.807, 2.05) is 7.05 Å². The van der Waals surface area contributed by atoms with Crippen molar-refractivity contribution in [3.8, 4) is 0 Å². The van der Waals surface area contributed by atoms with Gasteiger partial charge in [0.05, 0.1) is 43.0 Å². The number of quaternary nitrogens is 1. The summed E-state index contributed by atoms with van der Waals surface area (Å²) in [7, 11) is -0.122. The molecular formula is C19H24FN4O4S+. The Morgan fingerprint density at radius 2 is 1.79 bits per heavy atom. The van der Waals surface area contributed by atoms with Crippen LogP contribution >= 0.6 is 0 Å². The Hall–Kier alpha value is -2.56. The number of halogens is 1. The lowest BCUT2D eigenvalue weighted by Gasteiger charge is -2.29. The van der Waals surface area contributed by atoms with Gasteiger partial charge in [-0.05, 0) is 29.8 Å². The first-order valence-electron chi connectivity index (χ1n) is 9.24. The van der Waals surface area contributed by atoms with E-state index < -0.39 is 14.9 Å². The predicted octanol–water partition coefficient (Wildman–Crippen LogP) is 0.889. The minimum absolute atomic E-state index is 0.0808. The lowest BCUT2D eigenvalue weighted by atomic mass is 10.2. The molecule has 1 N–H and O–H groups in total. The third-order valence-electron chi connectivity index (χ3n) is 5.10. The molecule has 2 aromatic rings. The Labute approximate surface area is 169 Å². The van der Waals surface area contributed by atoms with Gasteiger partial charge in [-0.2, -0.15) is 4.31 Å². The number of hydrogen-bond donors (Lipinski definition) is 1. The first-order valence-corrected chi connectivity index (χ1v) is 10.7. The topological polar surface area (TPSA) is 88.2 Å². The van der Waals surface area contributed by atoms with Crippen LogP contribution in [0.1, 0.15) is 5.56 Å². The number of rotatable bonds is 6. The van der Waals surface area contributed by atoms with Crippen LogP contribution in [0.2, 0.25) is 0 Å². The zero-order valence-electron chi connectivity index (χ0n) is 16.3. The third-order valence-corrected chi connectivity index (χ3v) is 7.00. The fraction of sp³-hybridized carbons (Fsp3) is 0.368.